The quantitative estimate of drug-likeness (QED) is 0.0212. The molecule has 0 aromatic rings. The Hall–Kier alpha value is -3.85. The second kappa shape index (κ2) is 65.1. The van der Waals surface area contributed by atoms with E-state index in [0.717, 1.165) is 135 Å². The zero-order valence-corrected chi connectivity index (χ0v) is 57.8. The molecule has 0 aliphatic carbocycles. The van der Waals surface area contributed by atoms with Crippen molar-refractivity contribution < 1.29 is 37.3 Å². The smallest absolute Gasteiger partial charge is 0.306 e. The van der Waals surface area contributed by atoms with Crippen molar-refractivity contribution in [1.82, 2.24) is 5.32 Å². The average Bonchev–Trinajstić information content (AvgIpc) is 3.70. The molecular formula is C77H133N2O7P. The third-order valence-corrected chi connectivity index (χ3v) is 16.0. The largest absolute Gasteiger partial charge is 0.756 e. The van der Waals surface area contributed by atoms with E-state index in [1.807, 2.05) is 33.3 Å². The topological polar surface area (TPSA) is 114 Å². The Balaban J connectivity index is 5.09. The molecule has 87 heavy (non-hydrogen) atoms. The highest BCUT2D eigenvalue weighted by atomic mass is 31.2. The Morgan fingerprint density at radius 3 is 1.13 bits per heavy atom. The summed E-state index contributed by atoms with van der Waals surface area (Å²) in [6.07, 6.45) is 92.8. The molecule has 0 saturated heterocycles. The first-order chi connectivity index (χ1) is 42.4. The number of carbonyl (C=O) groups is 2. The van der Waals surface area contributed by atoms with Crippen molar-refractivity contribution in [2.75, 3.05) is 40.9 Å². The normalized spacial score (nSPS) is 14.3. The highest BCUT2D eigenvalue weighted by Crippen LogP contribution is 2.38. The van der Waals surface area contributed by atoms with E-state index in [-0.39, 0.29) is 24.9 Å². The molecule has 0 rings (SSSR count). The van der Waals surface area contributed by atoms with Gasteiger partial charge in [0.1, 0.15) is 19.3 Å². The molecule has 0 aromatic carbocycles. The number of rotatable bonds is 63. The molecule has 0 aromatic heterocycles. The van der Waals surface area contributed by atoms with Crippen LogP contribution < -0.4 is 10.2 Å². The van der Waals surface area contributed by atoms with Crippen LogP contribution in [0, 0.1) is 0 Å². The van der Waals surface area contributed by atoms with E-state index in [4.69, 9.17) is 13.8 Å². The van der Waals surface area contributed by atoms with Crippen LogP contribution in [0.1, 0.15) is 290 Å². The fourth-order valence-corrected chi connectivity index (χ4v) is 10.3. The van der Waals surface area contributed by atoms with Crippen LogP contribution in [0.4, 0.5) is 0 Å². The molecule has 9 nitrogen and oxygen atoms in total. The van der Waals surface area contributed by atoms with Gasteiger partial charge in [-0.2, -0.15) is 0 Å². The lowest BCUT2D eigenvalue weighted by Crippen LogP contribution is -2.47. The van der Waals surface area contributed by atoms with Crippen LogP contribution in [-0.2, 0) is 27.9 Å². The van der Waals surface area contributed by atoms with Crippen LogP contribution in [0.2, 0.25) is 0 Å². The van der Waals surface area contributed by atoms with Crippen molar-refractivity contribution in [2.24, 2.45) is 0 Å². The Morgan fingerprint density at radius 1 is 0.414 bits per heavy atom. The van der Waals surface area contributed by atoms with Crippen LogP contribution in [0.25, 0.3) is 0 Å². The summed E-state index contributed by atoms with van der Waals surface area (Å²) < 4.78 is 30.4. The molecule has 0 aliphatic rings. The first-order valence-corrected chi connectivity index (χ1v) is 37.0. The Kier molecular flexibility index (Phi) is 62.2. The van der Waals surface area contributed by atoms with Gasteiger partial charge in [0, 0.05) is 12.8 Å². The van der Waals surface area contributed by atoms with Gasteiger partial charge >= 0.3 is 5.97 Å². The number of hydrogen-bond acceptors (Lipinski definition) is 7. The lowest BCUT2D eigenvalue weighted by Gasteiger charge is -2.30. The number of quaternary nitrogens is 1. The van der Waals surface area contributed by atoms with E-state index in [1.54, 1.807) is 0 Å². The summed E-state index contributed by atoms with van der Waals surface area (Å²) in [5.41, 5.74) is 0. The van der Waals surface area contributed by atoms with Gasteiger partial charge in [0.05, 0.1) is 33.8 Å². The third-order valence-electron chi connectivity index (χ3n) is 15.1. The number of allylic oxidation sites excluding steroid dienone is 21. The predicted octanol–water partition coefficient (Wildman–Crippen LogP) is 22.2. The molecule has 1 N–H and O–H groups in total. The van der Waals surface area contributed by atoms with E-state index >= 15 is 0 Å². The molecule has 1 amide bonds. The minimum atomic E-state index is -4.72. The van der Waals surface area contributed by atoms with E-state index in [9.17, 15) is 19.0 Å². The highest BCUT2D eigenvalue weighted by molar-refractivity contribution is 7.45. The molecule has 10 heteroatoms. The number of nitrogens with zero attached hydrogens (tertiary/aromatic N) is 1. The fourth-order valence-electron chi connectivity index (χ4n) is 9.63. The molecule has 0 fully saturated rings. The van der Waals surface area contributed by atoms with Gasteiger partial charge in [-0.05, 0) is 128 Å². The van der Waals surface area contributed by atoms with E-state index in [2.05, 4.69) is 148 Å². The fraction of sp³-hybridized carbons (Fsp3) is 0.688. The number of phosphoric ester groups is 1. The molecule has 3 atom stereocenters. The van der Waals surface area contributed by atoms with Crippen LogP contribution >= 0.6 is 7.82 Å². The lowest BCUT2D eigenvalue weighted by atomic mass is 10.1. The van der Waals surface area contributed by atoms with Gasteiger partial charge in [0.15, 0.2) is 0 Å². The second-order valence-corrected chi connectivity index (χ2v) is 26.1. The number of phosphoric acid groups is 1. The van der Waals surface area contributed by atoms with Crippen LogP contribution in [0.5, 0.6) is 0 Å². The minimum Gasteiger partial charge on any atom is -0.756 e. The zero-order chi connectivity index (χ0) is 63.5. The van der Waals surface area contributed by atoms with Crippen LogP contribution in [0.15, 0.2) is 134 Å². The van der Waals surface area contributed by atoms with Crippen molar-refractivity contribution in [3.63, 3.8) is 0 Å². The lowest BCUT2D eigenvalue weighted by molar-refractivity contribution is -0.870. The summed E-state index contributed by atoms with van der Waals surface area (Å²) >= 11 is 0. The summed E-state index contributed by atoms with van der Waals surface area (Å²) in [7, 11) is 1.16. The zero-order valence-electron chi connectivity index (χ0n) is 56.9. The Labute approximate surface area is 536 Å². The maximum Gasteiger partial charge on any atom is 0.306 e. The summed E-state index contributed by atoms with van der Waals surface area (Å²) in [5, 5.41) is 3.03. The van der Waals surface area contributed by atoms with Gasteiger partial charge in [-0.3, -0.25) is 14.2 Å². The number of hydrogen-bond donors (Lipinski definition) is 1. The monoisotopic (exact) mass is 1230 g/mol. The van der Waals surface area contributed by atoms with E-state index in [1.165, 1.54) is 116 Å². The first-order valence-electron chi connectivity index (χ1n) is 35.5. The second-order valence-electron chi connectivity index (χ2n) is 24.6. The Morgan fingerprint density at radius 2 is 0.736 bits per heavy atom. The maximum atomic E-state index is 13.6. The number of nitrogens with one attached hydrogen (secondary N) is 1. The SMILES string of the molecule is CC/C=C\C/C=C\C/C=C\C/C=C\C/C=C\C/C=C\CCCCCCCCCCC(=O)OC(/C=C/CCCCCCCCCCC)C(COP(=O)([O-])OCC[N+](C)(C)C)NC(=O)CCCCCCCCC/C=C\C/C=C\C/C=C\C/C=C\CCCCC. The standard InChI is InChI=1S/C77H133N2O7P/c1-7-10-13-16-19-22-25-27-29-31-33-35-37-38-39-40-42-44-46-48-50-52-55-58-61-64-67-70-77(81)86-75(68-65-62-59-56-53-24-21-18-15-12-9-3)74(73-85-87(82,83)84-72-71-79(4,5)6)78-76(80)69-66-63-60-57-54-51-49-47-45-43-41-36-34-32-30-28-26-23-20-17-14-11-8-2/h10,13,19-20,22-23,27-30,33-36,38-39,42-45,65,68,74-75H,7-9,11-12,14-18,21,24-26,31-32,37,40-41,46-64,66-67,69-73H2,1-6H3,(H-,78,80,82,83)/b13-10-,22-19-,23-20-,29-27-,30-28-,35-33-,36-34-,39-38-,44-42-,45-43-,68-65+. The molecule has 0 bridgehead atoms. The van der Waals surface area contributed by atoms with Gasteiger partial charge in [-0.25, -0.2) is 0 Å². The number of amides is 1. The summed E-state index contributed by atoms with van der Waals surface area (Å²) in [6.45, 7) is 6.68. The molecular weight excluding hydrogens is 1100 g/mol. The third kappa shape index (κ3) is 66.4. The number of unbranched alkanes of at least 4 members (excludes halogenated alkanes) is 27. The summed E-state index contributed by atoms with van der Waals surface area (Å²) in [5.74, 6) is -0.568. The molecule has 0 radical (unpaired) electrons. The highest BCUT2D eigenvalue weighted by Gasteiger charge is 2.27. The average molecular weight is 1230 g/mol. The maximum absolute atomic E-state index is 13.6. The first kappa shape index (κ1) is 83.2. The van der Waals surface area contributed by atoms with E-state index < -0.39 is 26.6 Å². The van der Waals surface area contributed by atoms with Crippen molar-refractivity contribution in [3.05, 3.63) is 134 Å². The summed E-state index contributed by atoms with van der Waals surface area (Å²) in [6, 6.07) is -0.908. The van der Waals surface area contributed by atoms with Crippen molar-refractivity contribution in [1.29, 1.82) is 0 Å². The predicted molar refractivity (Wildman–Crippen MR) is 376 cm³/mol. The molecule has 0 heterocycles. The van der Waals surface area contributed by atoms with Gasteiger partial charge in [0.25, 0.3) is 7.82 Å². The minimum absolute atomic E-state index is 0.0329. The summed E-state index contributed by atoms with van der Waals surface area (Å²) in [4.78, 5) is 40.2. The molecule has 0 spiro atoms. The van der Waals surface area contributed by atoms with Gasteiger partial charge in [0.2, 0.25) is 5.91 Å². The van der Waals surface area contributed by atoms with Crippen molar-refractivity contribution in [3.8, 4) is 0 Å². The molecule has 3 unspecified atom stereocenters. The van der Waals surface area contributed by atoms with Crippen LogP contribution in [-0.4, -0.2) is 69.4 Å². The van der Waals surface area contributed by atoms with Gasteiger partial charge in [-0.1, -0.05) is 283 Å². The molecule has 0 saturated carbocycles. The Bertz CT molecular complexity index is 1950. The number of carbonyl (C=O) groups excluding carboxylic acids is 2. The molecule has 498 valence electrons. The number of likely N-dealkylation sites (N-methyl/N-ethyl adjacent to an activating group) is 1. The number of ether oxygens (including phenoxy) is 1. The van der Waals surface area contributed by atoms with Crippen molar-refractivity contribution >= 4 is 19.7 Å². The van der Waals surface area contributed by atoms with E-state index in [0.29, 0.717) is 23.9 Å². The van der Waals surface area contributed by atoms with Gasteiger partial charge < -0.3 is 28.5 Å². The van der Waals surface area contributed by atoms with Gasteiger partial charge in [-0.15, -0.1) is 0 Å². The molecule has 0 aliphatic heterocycles. The van der Waals surface area contributed by atoms with Crippen LogP contribution in [0.3, 0.4) is 0 Å². The van der Waals surface area contributed by atoms with Crippen molar-refractivity contribution in [2.45, 2.75) is 303 Å². The number of esters is 1.